The van der Waals surface area contributed by atoms with Gasteiger partial charge in [-0.2, -0.15) is 0 Å². The van der Waals surface area contributed by atoms with Gasteiger partial charge in [-0.25, -0.2) is 4.98 Å². The van der Waals surface area contributed by atoms with Crippen molar-refractivity contribution in [3.63, 3.8) is 0 Å². The smallest absolute Gasteiger partial charge is 0.123 e. The molecule has 0 unspecified atom stereocenters. The van der Waals surface area contributed by atoms with Crippen LogP contribution in [0.3, 0.4) is 0 Å². The summed E-state index contributed by atoms with van der Waals surface area (Å²) in [6, 6.07) is 4.28. The van der Waals surface area contributed by atoms with Crippen LogP contribution in [0.25, 0.3) is 11.3 Å². The fraction of sp³-hybridized carbons (Fsp3) is 0.640. The monoisotopic (exact) mass is 465 g/mol. The minimum atomic E-state index is -0.141. The van der Waals surface area contributed by atoms with Gasteiger partial charge >= 0.3 is 0 Å². The van der Waals surface area contributed by atoms with Gasteiger partial charge in [-0.05, 0) is 56.9 Å². The van der Waals surface area contributed by atoms with Gasteiger partial charge in [0.05, 0.1) is 11.2 Å². The van der Waals surface area contributed by atoms with Gasteiger partial charge in [0, 0.05) is 35.2 Å². The fourth-order valence-corrected chi connectivity index (χ4v) is 5.56. The van der Waals surface area contributed by atoms with E-state index in [1.807, 2.05) is 0 Å². The third-order valence-corrected chi connectivity index (χ3v) is 7.63. The molecule has 1 aliphatic rings. The Morgan fingerprint density at radius 3 is 1.90 bits per heavy atom. The molecule has 0 saturated carbocycles. The van der Waals surface area contributed by atoms with E-state index in [0.717, 1.165) is 48.3 Å². The molecule has 0 aliphatic carbocycles. The van der Waals surface area contributed by atoms with Crippen LogP contribution in [0.2, 0.25) is 0 Å². The number of aromatic hydroxyl groups is 1. The Labute approximate surface area is 199 Å². The number of piperidine rings is 1. The quantitative estimate of drug-likeness (QED) is 0.602. The number of phenolic OH excluding ortho intramolecular Hbond substituents is 1. The maximum Gasteiger partial charge on any atom is 0.123 e. The first-order valence-corrected chi connectivity index (χ1v) is 11.8. The predicted molar refractivity (Wildman–Crippen MR) is 136 cm³/mol. The summed E-state index contributed by atoms with van der Waals surface area (Å²) in [4.78, 5) is 9.94. The molecule has 174 valence electrons. The SMILES string of the molecule is CN1CCC(c2nc(-c3cc(C(C)(C)C)c(O)c(C(C)(C)C)c3)cs2)(N(C)C)CC1.Cl. The summed E-state index contributed by atoms with van der Waals surface area (Å²) in [6.45, 7) is 15.1. The van der Waals surface area contributed by atoms with E-state index in [1.165, 1.54) is 5.01 Å². The summed E-state index contributed by atoms with van der Waals surface area (Å²) in [5.74, 6) is 0.425. The molecular formula is C25H40ClN3OS. The minimum absolute atomic E-state index is 0. The Bertz CT molecular complexity index is 865. The second kappa shape index (κ2) is 9.01. The number of aromatic nitrogens is 1. The average Bonchev–Trinajstić information content (AvgIpc) is 3.11. The molecule has 1 fully saturated rings. The highest BCUT2D eigenvalue weighted by Gasteiger charge is 2.40. The van der Waals surface area contributed by atoms with Crippen LogP contribution >= 0.6 is 23.7 Å². The van der Waals surface area contributed by atoms with Crippen molar-refractivity contribution in [1.82, 2.24) is 14.8 Å². The van der Waals surface area contributed by atoms with Crippen LogP contribution in [0.5, 0.6) is 5.75 Å². The molecule has 4 nitrogen and oxygen atoms in total. The van der Waals surface area contributed by atoms with Crippen molar-refractivity contribution in [2.45, 2.75) is 70.8 Å². The lowest BCUT2D eigenvalue weighted by Crippen LogP contribution is -2.49. The van der Waals surface area contributed by atoms with E-state index in [1.54, 1.807) is 11.3 Å². The number of hydrogen-bond acceptors (Lipinski definition) is 5. The van der Waals surface area contributed by atoms with Gasteiger partial charge in [0.1, 0.15) is 10.8 Å². The molecule has 31 heavy (non-hydrogen) atoms. The second-order valence-electron chi connectivity index (χ2n) is 11.2. The number of hydrogen-bond donors (Lipinski definition) is 1. The molecule has 2 aromatic rings. The molecule has 0 spiro atoms. The Morgan fingerprint density at radius 2 is 1.48 bits per heavy atom. The highest BCUT2D eigenvalue weighted by molar-refractivity contribution is 7.10. The van der Waals surface area contributed by atoms with Gasteiger partial charge in [-0.1, -0.05) is 41.5 Å². The first kappa shape index (κ1) is 26.1. The Kier molecular flexibility index (Phi) is 7.59. The molecule has 2 heterocycles. The van der Waals surface area contributed by atoms with Gasteiger partial charge in [0.15, 0.2) is 0 Å². The molecule has 0 bridgehead atoms. The standard InChI is InChI=1S/C25H39N3OS.ClH/c1-23(2,3)18-14-17(15-19(21(18)29)24(4,5)6)20-16-30-22(26-20)25(27(7)8)10-12-28(9)13-11-25;/h14-16,29H,10-13H2,1-9H3;1H. The first-order chi connectivity index (χ1) is 13.8. The molecule has 1 aliphatic heterocycles. The van der Waals surface area contributed by atoms with E-state index >= 15 is 0 Å². The van der Waals surface area contributed by atoms with Crippen LogP contribution in [-0.2, 0) is 16.4 Å². The Hall–Kier alpha value is -1.14. The normalized spacial score (nSPS) is 17.6. The number of nitrogens with zero attached hydrogens (tertiary/aromatic N) is 3. The van der Waals surface area contributed by atoms with E-state index in [-0.39, 0.29) is 28.8 Å². The number of halogens is 1. The van der Waals surface area contributed by atoms with Crippen LogP contribution in [0.1, 0.15) is 70.5 Å². The van der Waals surface area contributed by atoms with Crippen molar-refractivity contribution < 1.29 is 5.11 Å². The van der Waals surface area contributed by atoms with Gasteiger partial charge in [-0.3, -0.25) is 4.90 Å². The zero-order valence-corrected chi connectivity index (χ0v) is 22.3. The van der Waals surface area contributed by atoms with Gasteiger partial charge in [0.25, 0.3) is 0 Å². The Morgan fingerprint density at radius 1 is 1.00 bits per heavy atom. The summed E-state index contributed by atoms with van der Waals surface area (Å²) in [5, 5.41) is 14.5. The summed E-state index contributed by atoms with van der Waals surface area (Å²) < 4.78 is 0. The first-order valence-electron chi connectivity index (χ1n) is 11.0. The number of likely N-dealkylation sites (tertiary alicyclic amines) is 1. The molecule has 0 radical (unpaired) electrons. The molecule has 0 amide bonds. The number of phenols is 1. The van der Waals surface area contributed by atoms with Crippen molar-refractivity contribution in [3.8, 4) is 17.0 Å². The molecule has 1 aromatic heterocycles. The van der Waals surface area contributed by atoms with Crippen LogP contribution in [0, 0.1) is 0 Å². The molecule has 1 N–H and O–H groups in total. The third-order valence-electron chi connectivity index (χ3n) is 6.59. The lowest BCUT2D eigenvalue weighted by atomic mass is 9.78. The minimum Gasteiger partial charge on any atom is -0.507 e. The Balaban J connectivity index is 0.00000341. The molecule has 1 aromatic carbocycles. The largest absolute Gasteiger partial charge is 0.507 e. The number of rotatable bonds is 3. The predicted octanol–water partition coefficient (Wildman–Crippen LogP) is 6.02. The van der Waals surface area contributed by atoms with Crippen molar-refractivity contribution in [1.29, 1.82) is 0 Å². The highest BCUT2D eigenvalue weighted by Crippen LogP contribution is 2.44. The highest BCUT2D eigenvalue weighted by atomic mass is 35.5. The van der Waals surface area contributed by atoms with Crippen molar-refractivity contribution in [2.75, 3.05) is 34.2 Å². The van der Waals surface area contributed by atoms with E-state index in [2.05, 4.69) is 90.0 Å². The van der Waals surface area contributed by atoms with Gasteiger partial charge in [-0.15, -0.1) is 23.7 Å². The zero-order chi connectivity index (χ0) is 22.5. The van der Waals surface area contributed by atoms with E-state index in [0.29, 0.717) is 5.75 Å². The lowest BCUT2D eigenvalue weighted by Gasteiger charge is -2.44. The molecular weight excluding hydrogens is 426 g/mol. The van der Waals surface area contributed by atoms with Crippen molar-refractivity contribution >= 4 is 23.7 Å². The summed E-state index contributed by atoms with van der Waals surface area (Å²) in [5.41, 5.74) is 3.82. The van der Waals surface area contributed by atoms with E-state index < -0.39 is 0 Å². The average molecular weight is 466 g/mol. The number of benzene rings is 1. The third kappa shape index (κ3) is 5.11. The van der Waals surface area contributed by atoms with Gasteiger partial charge in [0.2, 0.25) is 0 Å². The van der Waals surface area contributed by atoms with E-state index in [4.69, 9.17) is 4.98 Å². The van der Waals surface area contributed by atoms with Crippen LogP contribution in [0.15, 0.2) is 17.5 Å². The molecule has 1 saturated heterocycles. The summed E-state index contributed by atoms with van der Waals surface area (Å²) in [6.07, 6.45) is 2.19. The number of thiazole rings is 1. The maximum atomic E-state index is 11.1. The van der Waals surface area contributed by atoms with Crippen LogP contribution in [0.4, 0.5) is 0 Å². The molecule has 6 heteroatoms. The van der Waals surface area contributed by atoms with Crippen LogP contribution < -0.4 is 0 Å². The van der Waals surface area contributed by atoms with Crippen LogP contribution in [-0.4, -0.2) is 54.1 Å². The topological polar surface area (TPSA) is 39.6 Å². The summed E-state index contributed by atoms with van der Waals surface area (Å²) in [7, 11) is 6.57. The van der Waals surface area contributed by atoms with Gasteiger partial charge < -0.3 is 10.0 Å². The summed E-state index contributed by atoms with van der Waals surface area (Å²) >= 11 is 1.78. The maximum absolute atomic E-state index is 11.1. The lowest BCUT2D eigenvalue weighted by molar-refractivity contribution is 0.0642. The van der Waals surface area contributed by atoms with E-state index in [9.17, 15) is 5.11 Å². The zero-order valence-electron chi connectivity index (χ0n) is 20.7. The molecule has 3 rings (SSSR count). The van der Waals surface area contributed by atoms with Crippen molar-refractivity contribution in [2.24, 2.45) is 0 Å². The molecule has 0 atom stereocenters. The van der Waals surface area contributed by atoms with Crippen molar-refractivity contribution in [3.05, 3.63) is 33.6 Å². The second-order valence-corrected chi connectivity index (χ2v) is 12.0. The fourth-order valence-electron chi connectivity index (χ4n) is 4.39.